The molecule has 90 valence electrons. The molecule has 0 aliphatic carbocycles. The van der Waals surface area contributed by atoms with Gasteiger partial charge in [0.15, 0.2) is 0 Å². The highest BCUT2D eigenvalue weighted by molar-refractivity contribution is 9.10. The minimum atomic E-state index is -0.550. The summed E-state index contributed by atoms with van der Waals surface area (Å²) in [5.74, 6) is -0.550. The third-order valence-corrected chi connectivity index (χ3v) is 3.56. The van der Waals surface area contributed by atoms with Crippen LogP contribution in [0.2, 0.25) is 5.02 Å². The summed E-state index contributed by atoms with van der Waals surface area (Å²) in [4.78, 5) is 0. The van der Waals surface area contributed by atoms with Gasteiger partial charge in [0.25, 0.3) is 0 Å². The van der Waals surface area contributed by atoms with Crippen molar-refractivity contribution in [1.82, 2.24) is 0 Å². The predicted octanol–water partition coefficient (Wildman–Crippen LogP) is 4.86. The third kappa shape index (κ3) is 2.63. The van der Waals surface area contributed by atoms with Gasteiger partial charge in [-0.05, 0) is 46.3 Å². The summed E-state index contributed by atoms with van der Waals surface area (Å²) in [6.45, 7) is 0. The number of rotatable bonds is 2. The Hall–Kier alpha value is -1.57. The average Bonchev–Trinajstić information content (AvgIpc) is 2.34. The van der Waals surface area contributed by atoms with Gasteiger partial charge in [-0.1, -0.05) is 17.7 Å². The summed E-state index contributed by atoms with van der Waals surface area (Å²) in [6, 6.07) is 11.5. The van der Waals surface area contributed by atoms with Gasteiger partial charge in [0.05, 0.1) is 10.7 Å². The van der Waals surface area contributed by atoms with Gasteiger partial charge in [-0.2, -0.15) is 5.26 Å². The lowest BCUT2D eigenvalue weighted by atomic mass is 10.1. The Morgan fingerprint density at radius 2 is 2.06 bits per heavy atom. The van der Waals surface area contributed by atoms with Crippen molar-refractivity contribution < 1.29 is 4.39 Å². The van der Waals surface area contributed by atoms with Crippen molar-refractivity contribution in [3.05, 3.63) is 57.3 Å². The van der Waals surface area contributed by atoms with E-state index in [0.717, 1.165) is 4.47 Å². The van der Waals surface area contributed by atoms with Crippen LogP contribution in [0.3, 0.4) is 0 Å². The molecule has 0 aromatic heterocycles. The van der Waals surface area contributed by atoms with E-state index in [4.69, 9.17) is 16.9 Å². The topological polar surface area (TPSA) is 35.8 Å². The van der Waals surface area contributed by atoms with Crippen molar-refractivity contribution >= 4 is 38.9 Å². The fraction of sp³-hybridized carbons (Fsp3) is 0. The molecule has 0 saturated heterocycles. The Bertz CT molecular complexity index is 637. The first-order chi connectivity index (χ1) is 8.61. The molecule has 1 N–H and O–H groups in total. The van der Waals surface area contributed by atoms with Crippen molar-refractivity contribution in [2.24, 2.45) is 0 Å². The molecular formula is C13H7BrClFN2. The van der Waals surface area contributed by atoms with Crippen LogP contribution < -0.4 is 5.32 Å². The molecule has 0 aliphatic rings. The molecule has 0 radical (unpaired) electrons. The number of nitriles is 1. The second-order valence-corrected chi connectivity index (χ2v) is 4.79. The van der Waals surface area contributed by atoms with Crippen molar-refractivity contribution in [3.8, 4) is 6.07 Å². The molecule has 0 saturated carbocycles. The Labute approximate surface area is 117 Å². The molecule has 0 bridgehead atoms. The van der Waals surface area contributed by atoms with E-state index >= 15 is 0 Å². The Morgan fingerprint density at radius 1 is 1.28 bits per heavy atom. The van der Waals surface area contributed by atoms with Gasteiger partial charge in [-0.25, -0.2) is 4.39 Å². The average molecular weight is 326 g/mol. The molecule has 2 aromatic rings. The second kappa shape index (κ2) is 5.38. The van der Waals surface area contributed by atoms with Crippen molar-refractivity contribution in [3.63, 3.8) is 0 Å². The molecule has 0 spiro atoms. The molecule has 0 fully saturated rings. The maximum Gasteiger partial charge on any atom is 0.143 e. The van der Waals surface area contributed by atoms with Crippen LogP contribution in [0.1, 0.15) is 5.56 Å². The summed E-state index contributed by atoms with van der Waals surface area (Å²) in [6.07, 6.45) is 0. The number of hydrogen-bond donors (Lipinski definition) is 1. The third-order valence-electron chi connectivity index (χ3n) is 2.32. The Balaban J connectivity index is 2.37. The van der Waals surface area contributed by atoms with Crippen LogP contribution in [0.4, 0.5) is 15.8 Å². The Kier molecular flexibility index (Phi) is 3.85. The summed E-state index contributed by atoms with van der Waals surface area (Å²) < 4.78 is 14.2. The first-order valence-corrected chi connectivity index (χ1v) is 6.19. The van der Waals surface area contributed by atoms with Crippen molar-refractivity contribution in [1.29, 1.82) is 5.26 Å². The molecule has 0 unspecified atom stereocenters. The van der Waals surface area contributed by atoms with E-state index in [1.54, 1.807) is 30.3 Å². The SMILES string of the molecule is N#Cc1c(F)cccc1Nc1ccc(Br)c(Cl)c1. The summed E-state index contributed by atoms with van der Waals surface area (Å²) in [5.41, 5.74) is 1.08. The van der Waals surface area contributed by atoms with Crippen LogP contribution in [0.5, 0.6) is 0 Å². The van der Waals surface area contributed by atoms with Gasteiger partial charge >= 0.3 is 0 Å². The number of nitrogens with one attached hydrogen (secondary N) is 1. The first kappa shape index (κ1) is 12.9. The van der Waals surface area contributed by atoms with Crippen molar-refractivity contribution in [2.45, 2.75) is 0 Å². The van der Waals surface area contributed by atoms with Crippen LogP contribution in [-0.2, 0) is 0 Å². The van der Waals surface area contributed by atoms with Crippen LogP contribution in [-0.4, -0.2) is 0 Å². The van der Waals surface area contributed by atoms with E-state index in [1.807, 2.05) is 6.07 Å². The smallest absolute Gasteiger partial charge is 0.143 e. The van der Waals surface area contributed by atoms with E-state index in [2.05, 4.69) is 21.2 Å². The molecule has 2 rings (SSSR count). The molecule has 0 aliphatic heterocycles. The molecule has 2 aromatic carbocycles. The lowest BCUT2D eigenvalue weighted by molar-refractivity contribution is 0.624. The largest absolute Gasteiger partial charge is 0.354 e. The maximum atomic E-state index is 13.4. The lowest BCUT2D eigenvalue weighted by Gasteiger charge is -2.09. The quantitative estimate of drug-likeness (QED) is 0.856. The maximum absolute atomic E-state index is 13.4. The van der Waals surface area contributed by atoms with Gasteiger partial charge in [-0.3, -0.25) is 0 Å². The van der Waals surface area contributed by atoms with Crippen molar-refractivity contribution in [2.75, 3.05) is 5.32 Å². The number of benzene rings is 2. The number of hydrogen-bond acceptors (Lipinski definition) is 2. The zero-order chi connectivity index (χ0) is 13.1. The van der Waals surface area contributed by atoms with Crippen LogP contribution >= 0.6 is 27.5 Å². The van der Waals surface area contributed by atoms with E-state index in [9.17, 15) is 4.39 Å². The molecule has 18 heavy (non-hydrogen) atoms. The minimum Gasteiger partial charge on any atom is -0.354 e. The van der Waals surface area contributed by atoms with Gasteiger partial charge in [0.2, 0.25) is 0 Å². The number of anilines is 2. The lowest BCUT2D eigenvalue weighted by Crippen LogP contribution is -1.96. The zero-order valence-corrected chi connectivity index (χ0v) is 11.4. The monoisotopic (exact) mass is 324 g/mol. The van der Waals surface area contributed by atoms with Gasteiger partial charge in [0, 0.05) is 10.2 Å². The normalized spacial score (nSPS) is 9.89. The van der Waals surface area contributed by atoms with E-state index in [0.29, 0.717) is 16.4 Å². The summed E-state index contributed by atoms with van der Waals surface area (Å²) >= 11 is 9.24. The van der Waals surface area contributed by atoms with Gasteiger partial charge in [0.1, 0.15) is 17.4 Å². The van der Waals surface area contributed by atoms with Gasteiger partial charge < -0.3 is 5.32 Å². The molecule has 0 amide bonds. The standard InChI is InChI=1S/C13H7BrClFN2/c14-10-5-4-8(6-11(10)15)18-13-3-1-2-12(16)9(13)7-17/h1-6,18H. The highest BCUT2D eigenvalue weighted by atomic mass is 79.9. The summed E-state index contributed by atoms with van der Waals surface area (Å²) in [5, 5.41) is 12.4. The molecule has 5 heteroatoms. The highest BCUT2D eigenvalue weighted by Crippen LogP contribution is 2.28. The van der Waals surface area contributed by atoms with Crippen LogP contribution in [0.25, 0.3) is 0 Å². The van der Waals surface area contributed by atoms with E-state index in [-0.39, 0.29) is 5.56 Å². The highest BCUT2D eigenvalue weighted by Gasteiger charge is 2.08. The first-order valence-electron chi connectivity index (χ1n) is 5.02. The van der Waals surface area contributed by atoms with Crippen LogP contribution in [0, 0.1) is 17.1 Å². The fourth-order valence-corrected chi connectivity index (χ4v) is 1.90. The summed E-state index contributed by atoms with van der Waals surface area (Å²) in [7, 11) is 0. The van der Waals surface area contributed by atoms with Gasteiger partial charge in [-0.15, -0.1) is 0 Å². The molecular weight excluding hydrogens is 319 g/mol. The fourth-order valence-electron chi connectivity index (χ4n) is 1.47. The molecule has 2 nitrogen and oxygen atoms in total. The van der Waals surface area contributed by atoms with E-state index < -0.39 is 5.82 Å². The Morgan fingerprint density at radius 3 is 2.72 bits per heavy atom. The minimum absolute atomic E-state index is 0.0171. The number of halogens is 3. The zero-order valence-electron chi connectivity index (χ0n) is 9.05. The second-order valence-electron chi connectivity index (χ2n) is 3.53. The van der Waals surface area contributed by atoms with Crippen LogP contribution in [0.15, 0.2) is 40.9 Å². The molecule has 0 heterocycles. The van der Waals surface area contributed by atoms with E-state index in [1.165, 1.54) is 6.07 Å². The predicted molar refractivity (Wildman–Crippen MR) is 73.5 cm³/mol. The number of nitrogens with zero attached hydrogens (tertiary/aromatic N) is 1. The molecule has 0 atom stereocenters.